The number of nitrogens with zero attached hydrogens (tertiary/aromatic N) is 5. The lowest BCUT2D eigenvalue weighted by molar-refractivity contribution is 0.142. The van der Waals surface area contributed by atoms with Crippen molar-refractivity contribution in [1.82, 2.24) is 29.8 Å². The van der Waals surface area contributed by atoms with Crippen molar-refractivity contribution in [3.05, 3.63) is 106 Å². The molecule has 182 valence electrons. The highest BCUT2D eigenvalue weighted by Gasteiger charge is 2.26. The van der Waals surface area contributed by atoms with Crippen LogP contribution < -0.4 is 5.69 Å². The molecule has 0 amide bonds. The van der Waals surface area contributed by atoms with Crippen LogP contribution >= 0.6 is 0 Å². The number of H-pyrrole nitrogens is 1. The average molecular weight is 487 g/mol. The first-order chi connectivity index (χ1) is 17.6. The standard InChI is InChI=1S/C27H24F2N6O/c1-2-8-23-24(25(28)29)35(20-9-4-3-5-10-20)27(36)34(23)17-18-13-15-19(16-14-18)21-11-6-7-12-22(21)26-30-32-33-31-26/h3-7,9-16,25H,2,8,17H2,1H3,(H,30,31,32,33). The predicted molar refractivity (Wildman–Crippen MR) is 133 cm³/mol. The molecule has 0 aliphatic rings. The van der Waals surface area contributed by atoms with Crippen LogP contribution in [-0.4, -0.2) is 29.8 Å². The third-order valence-electron chi connectivity index (χ3n) is 6.13. The maximum Gasteiger partial charge on any atom is 0.333 e. The van der Waals surface area contributed by atoms with Crippen LogP contribution in [-0.2, 0) is 13.0 Å². The lowest BCUT2D eigenvalue weighted by Gasteiger charge is -2.11. The Morgan fingerprint density at radius 2 is 1.61 bits per heavy atom. The van der Waals surface area contributed by atoms with Gasteiger partial charge in [-0.25, -0.2) is 18.7 Å². The van der Waals surface area contributed by atoms with Gasteiger partial charge < -0.3 is 0 Å². The van der Waals surface area contributed by atoms with E-state index in [1.54, 1.807) is 30.3 Å². The normalized spacial score (nSPS) is 11.3. The van der Waals surface area contributed by atoms with Gasteiger partial charge in [-0.3, -0.25) is 9.13 Å². The fraction of sp³-hybridized carbons (Fsp3) is 0.185. The summed E-state index contributed by atoms with van der Waals surface area (Å²) < 4.78 is 31.1. The van der Waals surface area contributed by atoms with E-state index in [-0.39, 0.29) is 12.2 Å². The highest BCUT2D eigenvalue weighted by atomic mass is 19.3. The number of aromatic amines is 1. The Morgan fingerprint density at radius 1 is 0.917 bits per heavy atom. The zero-order valence-corrected chi connectivity index (χ0v) is 19.6. The Kier molecular flexibility index (Phi) is 6.53. The smallest absolute Gasteiger partial charge is 0.291 e. The minimum Gasteiger partial charge on any atom is -0.291 e. The van der Waals surface area contributed by atoms with E-state index in [4.69, 9.17) is 0 Å². The molecule has 2 heterocycles. The van der Waals surface area contributed by atoms with E-state index >= 15 is 0 Å². The number of imidazole rings is 1. The molecule has 0 atom stereocenters. The number of halogens is 2. The van der Waals surface area contributed by atoms with Gasteiger partial charge in [0.2, 0.25) is 0 Å². The van der Waals surface area contributed by atoms with Crippen molar-refractivity contribution in [3.8, 4) is 28.2 Å². The summed E-state index contributed by atoms with van der Waals surface area (Å²) in [6.07, 6.45) is -1.75. The summed E-state index contributed by atoms with van der Waals surface area (Å²) >= 11 is 0. The van der Waals surface area contributed by atoms with Crippen LogP contribution in [0, 0.1) is 0 Å². The molecule has 0 spiro atoms. The van der Waals surface area contributed by atoms with Crippen molar-refractivity contribution in [1.29, 1.82) is 0 Å². The van der Waals surface area contributed by atoms with E-state index in [0.717, 1.165) is 26.8 Å². The maximum absolute atomic E-state index is 14.2. The number of nitrogens with one attached hydrogen (secondary N) is 1. The summed E-state index contributed by atoms with van der Waals surface area (Å²) in [5.74, 6) is 0.562. The fourth-order valence-electron chi connectivity index (χ4n) is 4.51. The highest BCUT2D eigenvalue weighted by molar-refractivity contribution is 5.80. The summed E-state index contributed by atoms with van der Waals surface area (Å²) in [5, 5.41) is 14.1. The van der Waals surface area contributed by atoms with Gasteiger partial charge in [0.1, 0.15) is 5.69 Å². The Bertz CT molecular complexity index is 1510. The molecule has 0 aliphatic heterocycles. The minimum atomic E-state index is -2.77. The molecule has 7 nitrogen and oxygen atoms in total. The van der Waals surface area contributed by atoms with E-state index in [1.165, 1.54) is 4.57 Å². The van der Waals surface area contributed by atoms with Gasteiger partial charge in [0.15, 0.2) is 5.82 Å². The summed E-state index contributed by atoms with van der Waals surface area (Å²) in [6.45, 7) is 2.11. The molecular formula is C27H24F2N6O. The summed E-state index contributed by atoms with van der Waals surface area (Å²) in [6, 6.07) is 24.1. The minimum absolute atomic E-state index is 0.196. The van der Waals surface area contributed by atoms with E-state index < -0.39 is 12.1 Å². The third kappa shape index (κ3) is 4.35. The largest absolute Gasteiger partial charge is 0.333 e. The van der Waals surface area contributed by atoms with Crippen molar-refractivity contribution in [2.45, 2.75) is 32.7 Å². The number of hydrogen-bond acceptors (Lipinski definition) is 4. The number of aromatic nitrogens is 6. The van der Waals surface area contributed by atoms with E-state index in [9.17, 15) is 13.6 Å². The van der Waals surface area contributed by atoms with Crippen LogP contribution in [0.4, 0.5) is 8.78 Å². The molecule has 0 bridgehead atoms. The molecule has 0 radical (unpaired) electrons. The van der Waals surface area contributed by atoms with Crippen LogP contribution in [0.2, 0.25) is 0 Å². The van der Waals surface area contributed by atoms with E-state index in [1.807, 2.05) is 55.5 Å². The zero-order valence-electron chi connectivity index (χ0n) is 19.6. The molecule has 0 aliphatic carbocycles. The first-order valence-corrected chi connectivity index (χ1v) is 11.7. The molecule has 9 heteroatoms. The van der Waals surface area contributed by atoms with Crippen molar-refractivity contribution in [2.24, 2.45) is 0 Å². The van der Waals surface area contributed by atoms with Gasteiger partial charge in [-0.05, 0) is 45.7 Å². The van der Waals surface area contributed by atoms with Crippen LogP contribution in [0.3, 0.4) is 0 Å². The van der Waals surface area contributed by atoms with Crippen molar-refractivity contribution in [3.63, 3.8) is 0 Å². The summed E-state index contributed by atoms with van der Waals surface area (Å²) in [5.41, 5.74) is 3.69. The van der Waals surface area contributed by atoms with E-state index in [0.29, 0.717) is 30.0 Å². The summed E-state index contributed by atoms with van der Waals surface area (Å²) in [4.78, 5) is 13.4. The maximum atomic E-state index is 14.2. The number of alkyl halides is 2. The molecule has 0 fully saturated rings. The van der Waals surface area contributed by atoms with Gasteiger partial charge in [-0.2, -0.15) is 0 Å². The van der Waals surface area contributed by atoms with Crippen molar-refractivity contribution >= 4 is 0 Å². The fourth-order valence-corrected chi connectivity index (χ4v) is 4.51. The zero-order chi connectivity index (χ0) is 25.1. The quantitative estimate of drug-likeness (QED) is 0.317. The number of hydrogen-bond donors (Lipinski definition) is 1. The Balaban J connectivity index is 1.53. The Morgan fingerprint density at radius 3 is 2.25 bits per heavy atom. The Labute approximate surface area is 206 Å². The number of rotatable bonds is 8. The lowest BCUT2D eigenvalue weighted by atomic mass is 9.98. The van der Waals surface area contributed by atoms with Crippen LogP contribution in [0.25, 0.3) is 28.2 Å². The molecule has 5 aromatic rings. The molecule has 1 N–H and O–H groups in total. The molecule has 0 saturated carbocycles. The Hall–Kier alpha value is -4.40. The first-order valence-electron chi connectivity index (χ1n) is 11.7. The third-order valence-corrected chi connectivity index (χ3v) is 6.13. The van der Waals surface area contributed by atoms with E-state index in [2.05, 4.69) is 20.6 Å². The first kappa shape index (κ1) is 23.3. The van der Waals surface area contributed by atoms with Gasteiger partial charge in [-0.1, -0.05) is 80.1 Å². The molecule has 3 aromatic carbocycles. The lowest BCUT2D eigenvalue weighted by Crippen LogP contribution is -2.25. The monoisotopic (exact) mass is 486 g/mol. The average Bonchev–Trinajstić information content (AvgIpc) is 3.53. The second-order valence-electron chi connectivity index (χ2n) is 8.41. The molecule has 0 unspecified atom stereocenters. The van der Waals surface area contributed by atoms with Crippen LogP contribution in [0.1, 0.15) is 36.7 Å². The van der Waals surface area contributed by atoms with Crippen molar-refractivity contribution in [2.75, 3.05) is 0 Å². The second kappa shape index (κ2) is 10.1. The van der Waals surface area contributed by atoms with Crippen LogP contribution in [0.15, 0.2) is 83.7 Å². The van der Waals surface area contributed by atoms with Gasteiger partial charge in [-0.15, -0.1) is 5.10 Å². The highest BCUT2D eigenvalue weighted by Crippen LogP contribution is 2.30. The molecule has 2 aromatic heterocycles. The van der Waals surface area contributed by atoms with Gasteiger partial charge in [0, 0.05) is 11.3 Å². The number of benzene rings is 3. The SMILES string of the molecule is CCCc1c(C(F)F)n(-c2ccccc2)c(=O)n1Cc1ccc(-c2ccccc2-c2nnn[nH]2)cc1. The molecule has 0 saturated heterocycles. The van der Waals surface area contributed by atoms with Crippen LogP contribution in [0.5, 0.6) is 0 Å². The second-order valence-corrected chi connectivity index (χ2v) is 8.41. The van der Waals surface area contributed by atoms with Gasteiger partial charge in [0.05, 0.1) is 12.2 Å². The predicted octanol–water partition coefficient (Wildman–Crippen LogP) is 5.42. The molecule has 5 rings (SSSR count). The number of tetrazole rings is 1. The summed E-state index contributed by atoms with van der Waals surface area (Å²) in [7, 11) is 0. The van der Waals surface area contributed by atoms with Crippen molar-refractivity contribution < 1.29 is 8.78 Å². The topological polar surface area (TPSA) is 81.4 Å². The number of para-hydroxylation sites is 1. The molecular weight excluding hydrogens is 462 g/mol. The van der Waals surface area contributed by atoms with Gasteiger partial charge >= 0.3 is 5.69 Å². The molecule has 36 heavy (non-hydrogen) atoms. The van der Waals surface area contributed by atoms with Gasteiger partial charge in [0.25, 0.3) is 6.43 Å².